The monoisotopic (exact) mass is 243 g/mol. The Bertz CT molecular complexity index is 402. The lowest BCUT2D eigenvalue weighted by Gasteiger charge is -2.26. The Labute approximate surface area is 99.5 Å². The maximum absolute atomic E-state index is 13.6. The van der Waals surface area contributed by atoms with Gasteiger partial charge in [0.1, 0.15) is 11.6 Å². The fraction of sp³-hybridized carbons (Fsp3) is 0.500. The molecule has 0 spiro atoms. The second-order valence-corrected chi connectivity index (χ2v) is 4.71. The predicted molar refractivity (Wildman–Crippen MR) is 62.3 cm³/mol. The molecule has 16 heavy (non-hydrogen) atoms. The summed E-state index contributed by atoms with van der Waals surface area (Å²) in [6.45, 7) is 0. The van der Waals surface area contributed by atoms with Gasteiger partial charge in [-0.1, -0.05) is 24.4 Å². The molecule has 0 atom stereocenters. The zero-order valence-corrected chi connectivity index (χ0v) is 9.98. The topological polar surface area (TPSA) is 35.2 Å². The maximum atomic E-state index is 13.6. The van der Waals surface area contributed by atoms with Crippen LogP contribution in [0.4, 0.5) is 4.39 Å². The number of methoxy groups -OCH3 is 1. The minimum absolute atomic E-state index is 0.130. The summed E-state index contributed by atoms with van der Waals surface area (Å²) < 4.78 is 18.6. The molecule has 0 saturated heterocycles. The van der Waals surface area contributed by atoms with Crippen LogP contribution in [0.25, 0.3) is 0 Å². The second kappa shape index (κ2) is 4.22. The Morgan fingerprint density at radius 3 is 2.56 bits per heavy atom. The van der Waals surface area contributed by atoms with Gasteiger partial charge in [0.05, 0.1) is 12.1 Å². The van der Waals surface area contributed by atoms with Gasteiger partial charge in [-0.15, -0.1) is 0 Å². The largest absolute Gasteiger partial charge is 0.497 e. The summed E-state index contributed by atoms with van der Waals surface area (Å²) >= 11 is 5.98. The first-order valence-corrected chi connectivity index (χ1v) is 5.77. The molecule has 1 aliphatic carbocycles. The zero-order valence-electron chi connectivity index (χ0n) is 9.22. The molecule has 0 aliphatic heterocycles. The van der Waals surface area contributed by atoms with Crippen LogP contribution in [-0.2, 0) is 5.54 Å². The molecule has 1 aromatic rings. The molecule has 2 nitrogen and oxygen atoms in total. The third-order valence-corrected chi connectivity index (χ3v) is 3.65. The first-order valence-electron chi connectivity index (χ1n) is 5.39. The van der Waals surface area contributed by atoms with Gasteiger partial charge in [-0.2, -0.15) is 0 Å². The van der Waals surface area contributed by atoms with Crippen LogP contribution >= 0.6 is 11.6 Å². The highest BCUT2D eigenvalue weighted by Gasteiger charge is 2.34. The summed E-state index contributed by atoms with van der Waals surface area (Å²) in [5.41, 5.74) is 6.44. The highest BCUT2D eigenvalue weighted by Crippen LogP contribution is 2.41. The van der Waals surface area contributed by atoms with E-state index in [2.05, 4.69) is 0 Å². The fourth-order valence-electron chi connectivity index (χ4n) is 2.32. The molecule has 0 unspecified atom stereocenters. The van der Waals surface area contributed by atoms with Crippen LogP contribution in [-0.4, -0.2) is 7.11 Å². The van der Waals surface area contributed by atoms with Crippen molar-refractivity contribution in [2.24, 2.45) is 5.73 Å². The number of rotatable bonds is 2. The zero-order chi connectivity index (χ0) is 11.8. The maximum Gasteiger partial charge on any atom is 0.145 e. The Morgan fingerprint density at radius 2 is 2.00 bits per heavy atom. The number of halogens is 2. The summed E-state index contributed by atoms with van der Waals surface area (Å²) in [7, 11) is 1.50. The SMILES string of the molecule is COc1cc(F)c(Cl)c(C2(N)CCCC2)c1. The molecule has 88 valence electrons. The van der Waals surface area contributed by atoms with E-state index in [9.17, 15) is 4.39 Å². The fourth-order valence-corrected chi connectivity index (χ4v) is 2.62. The van der Waals surface area contributed by atoms with Crippen molar-refractivity contribution in [2.75, 3.05) is 7.11 Å². The number of hydrogen-bond acceptors (Lipinski definition) is 2. The van der Waals surface area contributed by atoms with Gasteiger partial charge in [0, 0.05) is 11.6 Å². The first-order chi connectivity index (χ1) is 7.57. The smallest absolute Gasteiger partial charge is 0.145 e. The lowest BCUT2D eigenvalue weighted by Crippen LogP contribution is -2.33. The van der Waals surface area contributed by atoms with Gasteiger partial charge in [-0.3, -0.25) is 0 Å². The van der Waals surface area contributed by atoms with Crippen LogP contribution < -0.4 is 10.5 Å². The molecule has 2 rings (SSSR count). The van der Waals surface area contributed by atoms with Crippen LogP contribution in [0.2, 0.25) is 5.02 Å². The number of benzene rings is 1. The molecule has 2 N–H and O–H groups in total. The summed E-state index contributed by atoms with van der Waals surface area (Å²) in [5, 5.41) is 0.130. The molecule has 0 bridgehead atoms. The molecule has 1 fully saturated rings. The Kier molecular flexibility index (Phi) is 3.08. The molecular weight excluding hydrogens is 229 g/mol. The van der Waals surface area contributed by atoms with Crippen molar-refractivity contribution in [1.29, 1.82) is 0 Å². The van der Waals surface area contributed by atoms with Crippen molar-refractivity contribution >= 4 is 11.6 Å². The van der Waals surface area contributed by atoms with Gasteiger partial charge >= 0.3 is 0 Å². The quantitative estimate of drug-likeness (QED) is 0.866. The van der Waals surface area contributed by atoms with Crippen molar-refractivity contribution in [3.63, 3.8) is 0 Å². The van der Waals surface area contributed by atoms with Crippen molar-refractivity contribution in [3.05, 3.63) is 28.5 Å². The van der Waals surface area contributed by atoms with Crippen LogP contribution in [0, 0.1) is 5.82 Å². The standard InChI is InChI=1S/C12H15ClFNO/c1-16-8-6-9(11(13)10(14)7-8)12(15)4-2-3-5-12/h6-7H,2-5,15H2,1H3. The molecule has 0 radical (unpaired) electrons. The molecule has 4 heteroatoms. The van der Waals surface area contributed by atoms with Crippen LogP contribution in [0.3, 0.4) is 0 Å². The van der Waals surface area contributed by atoms with Crippen LogP contribution in [0.15, 0.2) is 12.1 Å². The van der Waals surface area contributed by atoms with E-state index in [0.29, 0.717) is 11.3 Å². The van der Waals surface area contributed by atoms with Gasteiger partial charge in [0.25, 0.3) is 0 Å². The molecule has 1 aliphatic rings. The second-order valence-electron chi connectivity index (χ2n) is 4.33. The van der Waals surface area contributed by atoms with Gasteiger partial charge < -0.3 is 10.5 Å². The van der Waals surface area contributed by atoms with Crippen molar-refractivity contribution < 1.29 is 9.13 Å². The number of ether oxygens (including phenoxy) is 1. The minimum Gasteiger partial charge on any atom is -0.497 e. The average Bonchev–Trinajstić information content (AvgIpc) is 2.70. The lowest BCUT2D eigenvalue weighted by molar-refractivity contribution is 0.403. The molecule has 1 saturated carbocycles. The average molecular weight is 244 g/mol. The van der Waals surface area contributed by atoms with Crippen molar-refractivity contribution in [1.82, 2.24) is 0 Å². The highest BCUT2D eigenvalue weighted by molar-refractivity contribution is 6.31. The summed E-state index contributed by atoms with van der Waals surface area (Å²) in [4.78, 5) is 0. The van der Waals surface area contributed by atoms with Crippen LogP contribution in [0.1, 0.15) is 31.2 Å². The Morgan fingerprint density at radius 1 is 1.38 bits per heavy atom. The van der Waals surface area contributed by atoms with Gasteiger partial charge in [-0.05, 0) is 24.5 Å². The van der Waals surface area contributed by atoms with E-state index >= 15 is 0 Å². The van der Waals surface area contributed by atoms with E-state index in [4.69, 9.17) is 22.1 Å². The summed E-state index contributed by atoms with van der Waals surface area (Å²) in [6, 6.07) is 3.03. The van der Waals surface area contributed by atoms with E-state index in [-0.39, 0.29) is 5.02 Å². The van der Waals surface area contributed by atoms with Gasteiger partial charge in [0.2, 0.25) is 0 Å². The molecule has 1 aromatic carbocycles. The summed E-state index contributed by atoms with van der Waals surface area (Å²) in [6.07, 6.45) is 3.82. The van der Waals surface area contributed by atoms with Crippen molar-refractivity contribution in [2.45, 2.75) is 31.2 Å². The Balaban J connectivity index is 2.50. The third kappa shape index (κ3) is 1.89. The van der Waals surface area contributed by atoms with E-state index in [1.54, 1.807) is 6.07 Å². The summed E-state index contributed by atoms with van der Waals surface area (Å²) in [5.74, 6) is 0.00127. The number of hydrogen-bond donors (Lipinski definition) is 1. The van der Waals surface area contributed by atoms with E-state index in [0.717, 1.165) is 25.7 Å². The predicted octanol–water partition coefficient (Wildman–Crippen LogP) is 3.22. The van der Waals surface area contributed by atoms with Gasteiger partial charge in [-0.25, -0.2) is 4.39 Å². The normalized spacial score (nSPS) is 18.8. The van der Waals surface area contributed by atoms with Crippen molar-refractivity contribution in [3.8, 4) is 5.75 Å². The third-order valence-electron chi connectivity index (χ3n) is 3.27. The van der Waals surface area contributed by atoms with E-state index in [1.165, 1.54) is 13.2 Å². The molecule has 0 amide bonds. The first kappa shape index (κ1) is 11.7. The van der Waals surface area contributed by atoms with Gasteiger partial charge in [0.15, 0.2) is 0 Å². The van der Waals surface area contributed by atoms with E-state index in [1.807, 2.05) is 0 Å². The van der Waals surface area contributed by atoms with Crippen LogP contribution in [0.5, 0.6) is 5.75 Å². The highest BCUT2D eigenvalue weighted by atomic mass is 35.5. The molecule has 0 aromatic heterocycles. The molecular formula is C12H15ClFNO. The Hall–Kier alpha value is -0.800. The minimum atomic E-state index is -0.494. The molecule has 0 heterocycles. The van der Waals surface area contributed by atoms with E-state index < -0.39 is 11.4 Å². The number of nitrogens with two attached hydrogens (primary N) is 1. The lowest BCUT2D eigenvalue weighted by atomic mass is 9.89.